The van der Waals surface area contributed by atoms with Crippen molar-refractivity contribution in [1.29, 1.82) is 5.26 Å². The van der Waals surface area contributed by atoms with Crippen LogP contribution in [0.25, 0.3) is 11.3 Å². The summed E-state index contributed by atoms with van der Waals surface area (Å²) < 4.78 is 5.32. The predicted molar refractivity (Wildman–Crippen MR) is 92.7 cm³/mol. The Kier molecular flexibility index (Phi) is 4.04. The lowest BCUT2D eigenvalue weighted by Gasteiger charge is -2.33. The number of hydrogen-bond donors (Lipinski definition) is 0. The quantitative estimate of drug-likeness (QED) is 0.831. The molecule has 1 aliphatic carbocycles. The first-order valence-electron chi connectivity index (χ1n) is 8.96. The molecule has 1 spiro atoms. The van der Waals surface area contributed by atoms with Crippen LogP contribution in [0.1, 0.15) is 54.6 Å². The fourth-order valence-electron chi connectivity index (χ4n) is 4.23. The number of rotatable bonds is 2. The van der Waals surface area contributed by atoms with Crippen LogP contribution in [0, 0.1) is 16.7 Å². The van der Waals surface area contributed by atoms with Crippen molar-refractivity contribution in [3.8, 4) is 17.3 Å². The minimum absolute atomic E-state index is 0.0716. The molecule has 0 bridgehead atoms. The molecule has 0 N–H and O–H groups in total. The molecule has 2 fully saturated rings. The number of likely N-dealkylation sites (tertiary alicyclic amines) is 1. The molecule has 1 saturated heterocycles. The average Bonchev–Trinajstić information content (AvgIpc) is 3.30. The van der Waals surface area contributed by atoms with Crippen LogP contribution in [0.3, 0.4) is 0 Å². The third kappa shape index (κ3) is 3.05. The Balaban J connectivity index is 1.50. The molecule has 5 heteroatoms. The largest absolute Gasteiger partial charge is 0.350 e. The Hall–Kier alpha value is -2.61. The molecule has 1 aliphatic heterocycles. The Morgan fingerprint density at radius 3 is 2.84 bits per heavy atom. The summed E-state index contributed by atoms with van der Waals surface area (Å²) in [5.41, 5.74) is 2.27. The predicted octanol–water partition coefficient (Wildman–Crippen LogP) is 4.01. The third-order valence-electron chi connectivity index (χ3n) is 5.65. The van der Waals surface area contributed by atoms with Crippen LogP contribution in [0.4, 0.5) is 0 Å². The zero-order valence-corrected chi connectivity index (χ0v) is 14.2. The van der Waals surface area contributed by atoms with Crippen molar-refractivity contribution in [2.45, 2.75) is 38.5 Å². The van der Waals surface area contributed by atoms with Crippen molar-refractivity contribution in [3.63, 3.8) is 0 Å². The van der Waals surface area contributed by atoms with Crippen LogP contribution >= 0.6 is 0 Å². The lowest BCUT2D eigenvalue weighted by Crippen LogP contribution is -2.33. The van der Waals surface area contributed by atoms with Crippen molar-refractivity contribution in [2.75, 3.05) is 13.1 Å². The maximum Gasteiger partial charge on any atom is 0.292 e. The molecule has 0 radical (unpaired) electrons. The molecule has 25 heavy (non-hydrogen) atoms. The molecular weight excluding hydrogens is 314 g/mol. The van der Waals surface area contributed by atoms with E-state index in [2.05, 4.69) is 11.2 Å². The van der Waals surface area contributed by atoms with Gasteiger partial charge in [0.15, 0.2) is 0 Å². The molecule has 0 unspecified atom stereocenters. The maximum absolute atomic E-state index is 12.8. The number of aromatic nitrogens is 1. The molecule has 1 amide bonds. The highest BCUT2D eigenvalue weighted by Gasteiger charge is 2.41. The lowest BCUT2D eigenvalue weighted by molar-refractivity contribution is 0.0718. The van der Waals surface area contributed by atoms with Crippen molar-refractivity contribution in [1.82, 2.24) is 10.1 Å². The van der Waals surface area contributed by atoms with Crippen molar-refractivity contribution in [2.24, 2.45) is 5.41 Å². The molecule has 1 aromatic heterocycles. The SMILES string of the molecule is N#Cc1cccc(-c2cc(C(=O)N3CCC4(CCCCC4)C3)on2)c1. The van der Waals surface area contributed by atoms with E-state index in [-0.39, 0.29) is 11.7 Å². The van der Waals surface area contributed by atoms with Crippen molar-refractivity contribution >= 4 is 5.91 Å². The molecule has 5 nitrogen and oxygen atoms in total. The van der Waals surface area contributed by atoms with E-state index in [4.69, 9.17) is 9.78 Å². The van der Waals surface area contributed by atoms with Crippen LogP contribution in [0.5, 0.6) is 0 Å². The van der Waals surface area contributed by atoms with Crippen LogP contribution in [-0.2, 0) is 0 Å². The standard InChI is InChI=1S/C20H21N3O2/c21-13-15-5-4-6-16(11-15)17-12-18(25-22-17)19(24)23-10-9-20(14-23)7-2-1-3-8-20/h4-6,11-12H,1-3,7-10,14H2. The minimum Gasteiger partial charge on any atom is -0.350 e. The highest BCUT2D eigenvalue weighted by Crippen LogP contribution is 2.44. The van der Waals surface area contributed by atoms with Gasteiger partial charge in [-0.2, -0.15) is 5.26 Å². The fourth-order valence-corrected chi connectivity index (χ4v) is 4.23. The van der Waals surface area contributed by atoms with Gasteiger partial charge in [-0.05, 0) is 36.8 Å². The summed E-state index contributed by atoms with van der Waals surface area (Å²) >= 11 is 0. The Labute approximate surface area is 147 Å². The van der Waals surface area contributed by atoms with Gasteiger partial charge < -0.3 is 9.42 Å². The van der Waals surface area contributed by atoms with Gasteiger partial charge in [-0.1, -0.05) is 36.6 Å². The molecule has 2 heterocycles. The first kappa shape index (κ1) is 15.9. The monoisotopic (exact) mass is 335 g/mol. The van der Waals surface area contributed by atoms with E-state index >= 15 is 0 Å². The topological polar surface area (TPSA) is 70.1 Å². The number of hydrogen-bond acceptors (Lipinski definition) is 4. The van der Waals surface area contributed by atoms with Gasteiger partial charge >= 0.3 is 0 Å². The van der Waals surface area contributed by atoms with Crippen LogP contribution in [0.15, 0.2) is 34.9 Å². The molecule has 0 atom stereocenters. The lowest BCUT2D eigenvalue weighted by atomic mass is 9.73. The number of amides is 1. The maximum atomic E-state index is 12.8. The molecule has 2 aromatic rings. The van der Waals surface area contributed by atoms with Crippen LogP contribution in [0.2, 0.25) is 0 Å². The normalized spacial score (nSPS) is 19.1. The van der Waals surface area contributed by atoms with Crippen LogP contribution < -0.4 is 0 Å². The van der Waals surface area contributed by atoms with E-state index in [0.717, 1.165) is 25.1 Å². The Bertz CT molecular complexity index is 827. The Morgan fingerprint density at radius 1 is 1.20 bits per heavy atom. The first-order valence-corrected chi connectivity index (χ1v) is 8.96. The highest BCUT2D eigenvalue weighted by molar-refractivity contribution is 5.92. The van der Waals surface area contributed by atoms with Gasteiger partial charge in [0.1, 0.15) is 5.69 Å². The molecule has 2 aliphatic rings. The zero-order valence-electron chi connectivity index (χ0n) is 14.2. The molecule has 1 aromatic carbocycles. The second-order valence-electron chi connectivity index (χ2n) is 7.31. The van der Waals surface area contributed by atoms with Gasteiger partial charge in [0.25, 0.3) is 5.91 Å². The molecule has 4 rings (SSSR count). The molecule has 1 saturated carbocycles. The molecule has 128 valence electrons. The minimum atomic E-state index is -0.0716. The van der Waals surface area contributed by atoms with E-state index in [1.54, 1.807) is 24.3 Å². The summed E-state index contributed by atoms with van der Waals surface area (Å²) in [5, 5.41) is 13.0. The number of benzene rings is 1. The summed E-state index contributed by atoms with van der Waals surface area (Å²) in [6.45, 7) is 1.64. The Morgan fingerprint density at radius 2 is 2.04 bits per heavy atom. The number of nitriles is 1. The van der Waals surface area contributed by atoms with Crippen molar-refractivity contribution < 1.29 is 9.32 Å². The van der Waals surface area contributed by atoms with E-state index in [1.165, 1.54) is 32.1 Å². The number of carbonyl (C=O) groups excluding carboxylic acids is 1. The summed E-state index contributed by atoms with van der Waals surface area (Å²) in [5.74, 6) is 0.211. The first-order chi connectivity index (χ1) is 12.2. The van der Waals surface area contributed by atoms with Crippen LogP contribution in [-0.4, -0.2) is 29.1 Å². The fraction of sp³-hybridized carbons (Fsp3) is 0.450. The van der Waals surface area contributed by atoms with Gasteiger partial charge in [0.2, 0.25) is 5.76 Å². The van der Waals surface area contributed by atoms with Gasteiger partial charge in [-0.3, -0.25) is 4.79 Å². The second kappa shape index (κ2) is 6.36. The summed E-state index contributed by atoms with van der Waals surface area (Å²) in [6.07, 6.45) is 7.46. The van der Waals surface area contributed by atoms with E-state index in [1.807, 2.05) is 11.0 Å². The smallest absolute Gasteiger partial charge is 0.292 e. The van der Waals surface area contributed by atoms with Gasteiger partial charge in [-0.25, -0.2) is 0 Å². The van der Waals surface area contributed by atoms with Gasteiger partial charge in [-0.15, -0.1) is 0 Å². The third-order valence-corrected chi connectivity index (χ3v) is 5.65. The van der Waals surface area contributed by atoms with Gasteiger partial charge in [0.05, 0.1) is 11.6 Å². The number of nitrogens with zero attached hydrogens (tertiary/aromatic N) is 3. The highest BCUT2D eigenvalue weighted by atomic mass is 16.5. The average molecular weight is 335 g/mol. The van der Waals surface area contributed by atoms with Gasteiger partial charge in [0, 0.05) is 24.7 Å². The molecular formula is C20H21N3O2. The number of carbonyl (C=O) groups is 1. The summed E-state index contributed by atoms with van der Waals surface area (Å²) in [4.78, 5) is 14.7. The van der Waals surface area contributed by atoms with E-state index in [0.29, 0.717) is 16.7 Å². The summed E-state index contributed by atoms with van der Waals surface area (Å²) in [6, 6.07) is 10.9. The summed E-state index contributed by atoms with van der Waals surface area (Å²) in [7, 11) is 0. The van der Waals surface area contributed by atoms with E-state index < -0.39 is 0 Å². The second-order valence-corrected chi connectivity index (χ2v) is 7.31. The van der Waals surface area contributed by atoms with Crippen molar-refractivity contribution in [3.05, 3.63) is 41.7 Å². The van der Waals surface area contributed by atoms with E-state index in [9.17, 15) is 4.79 Å². The zero-order chi connectivity index (χ0) is 17.3.